The van der Waals surface area contributed by atoms with Gasteiger partial charge in [-0.05, 0) is 173 Å². The van der Waals surface area contributed by atoms with Crippen LogP contribution in [0.2, 0.25) is 0 Å². The zero-order valence-corrected chi connectivity index (χ0v) is 64.7. The van der Waals surface area contributed by atoms with E-state index in [0.29, 0.717) is 0 Å². The Labute approximate surface area is 612 Å². The molecule has 0 spiro atoms. The second-order valence-corrected chi connectivity index (χ2v) is 27.3. The number of rotatable bonds is 12. The average Bonchev–Trinajstić information content (AvgIpc) is 1.68. The normalized spacial score (nSPS) is 11.8. The van der Waals surface area contributed by atoms with Crippen LogP contribution in [0.3, 0.4) is 0 Å². The Kier molecular flexibility index (Phi) is 22.5. The van der Waals surface area contributed by atoms with Crippen molar-refractivity contribution in [2.45, 2.75) is 87.4 Å². The summed E-state index contributed by atoms with van der Waals surface area (Å²) in [5.41, 5.74) is 32.4. The van der Waals surface area contributed by atoms with E-state index in [1.165, 1.54) is 22.3 Å². The summed E-state index contributed by atoms with van der Waals surface area (Å²) in [6, 6.07) is 60.8. The van der Waals surface area contributed by atoms with Crippen molar-refractivity contribution in [1.82, 2.24) is 19.9 Å². The molecule has 1 aliphatic heterocycles. The average molecular weight is 1420 g/mol. The van der Waals surface area contributed by atoms with E-state index in [9.17, 15) is 0 Å². The van der Waals surface area contributed by atoms with Crippen LogP contribution in [-0.2, 0) is 19.5 Å². The molecular weight excluding hydrogens is 1340 g/mol. The molecule has 0 amide bonds. The minimum absolute atomic E-state index is 0. The summed E-state index contributed by atoms with van der Waals surface area (Å²) in [4.78, 5) is 23.6. The van der Waals surface area contributed by atoms with Crippen LogP contribution < -0.4 is 38.9 Å². The molecule has 99 heavy (non-hydrogen) atoms. The zero-order valence-electron chi connectivity index (χ0n) is 59.5. The quantitative estimate of drug-likeness (QED) is 0.0726. The van der Waals surface area contributed by atoms with E-state index < -0.39 is 4.30 Å². The minimum atomic E-state index is -0.750. The number of aliphatic hydroxyl groups is 1. The van der Waals surface area contributed by atoms with Gasteiger partial charge in [0.25, 0.3) is 0 Å². The summed E-state index contributed by atoms with van der Waals surface area (Å²) in [5, 5.41) is 7.00. The van der Waals surface area contributed by atoms with Crippen LogP contribution >= 0.6 is 34.8 Å². The second kappa shape index (κ2) is 30.6. The van der Waals surface area contributed by atoms with Crippen LogP contribution in [0.1, 0.15) is 135 Å². The smallest absolute Gasteiger partial charge is 0.180 e. The summed E-state index contributed by atoms with van der Waals surface area (Å²) >= 11 is 14.4. The molecule has 0 unspecified atom stereocenters. The molecule has 498 valence electrons. The van der Waals surface area contributed by atoms with Gasteiger partial charge in [-0.3, -0.25) is 0 Å². The molecule has 8 aromatic carbocycles. The fraction of sp³-hybridized carbons (Fsp3) is 0.209. The van der Waals surface area contributed by atoms with Crippen molar-refractivity contribution in [2.75, 3.05) is 35.5 Å². The van der Waals surface area contributed by atoms with E-state index in [2.05, 4.69) is 229 Å². The predicted molar refractivity (Wildman–Crippen MR) is 401 cm³/mol. The van der Waals surface area contributed by atoms with Gasteiger partial charge in [-0.25, -0.2) is 0 Å². The van der Waals surface area contributed by atoms with Gasteiger partial charge in [0.15, 0.2) is 4.30 Å². The number of hydrogen-bond acceptors (Lipinski definition) is 5. The third-order valence-corrected chi connectivity index (χ3v) is 18.4. The molecule has 1 aliphatic rings. The molecule has 1 N–H and O–H groups in total. The van der Waals surface area contributed by atoms with Gasteiger partial charge in [0.2, 0.25) is 0 Å². The molecular formula is C86H81Cl3N4O5Zn. The van der Waals surface area contributed by atoms with Gasteiger partial charge in [-0.1, -0.05) is 106 Å². The number of aliphatic hydroxyl groups excluding tert-OH is 1. The van der Waals surface area contributed by atoms with Crippen molar-refractivity contribution in [3.05, 3.63) is 328 Å². The Balaban J connectivity index is 0.00000146. The number of aryl methyl sites for hydroxylation is 12. The number of aromatic nitrogens is 4. The number of ether oxygens (including phenoxy) is 4. The van der Waals surface area contributed by atoms with Crippen molar-refractivity contribution in [3.8, 4) is 67.5 Å². The van der Waals surface area contributed by atoms with Crippen molar-refractivity contribution in [2.24, 2.45) is 0 Å². The van der Waals surface area contributed by atoms with Gasteiger partial charge in [0.1, 0.15) is 23.0 Å². The van der Waals surface area contributed by atoms with E-state index in [1.54, 1.807) is 28.4 Å². The molecule has 13 heteroatoms. The monoisotopic (exact) mass is 1420 g/mol. The number of methoxy groups -OCH3 is 4. The molecule has 0 saturated heterocycles. The Hall–Kier alpha value is -8.99. The fourth-order valence-corrected chi connectivity index (χ4v) is 14.9. The first-order valence-corrected chi connectivity index (χ1v) is 33.9. The molecule has 0 fully saturated rings. The van der Waals surface area contributed by atoms with Gasteiger partial charge in [0, 0.05) is 194 Å². The summed E-state index contributed by atoms with van der Waals surface area (Å²) in [6.07, 6.45) is 0. The molecule has 12 aromatic rings. The van der Waals surface area contributed by atoms with Crippen LogP contribution in [0.15, 0.2) is 170 Å². The predicted octanol–water partition coefficient (Wildman–Crippen LogP) is 19.9. The molecule has 5 heterocycles. The Morgan fingerprint density at radius 2 is 0.424 bits per heavy atom. The second-order valence-electron chi connectivity index (χ2n) is 25.4. The van der Waals surface area contributed by atoms with E-state index in [4.69, 9.17) is 78.8 Å². The molecule has 0 atom stereocenters. The first-order chi connectivity index (χ1) is 47.1. The van der Waals surface area contributed by atoms with Crippen LogP contribution in [0, 0.1) is 107 Å². The first-order valence-electron chi connectivity index (χ1n) is 32.6. The van der Waals surface area contributed by atoms with Crippen LogP contribution in [-0.4, -0.2) is 45.0 Å². The fourth-order valence-electron chi connectivity index (χ4n) is 14.9. The summed E-state index contributed by atoms with van der Waals surface area (Å²) < 4.78 is 23.5. The van der Waals surface area contributed by atoms with E-state index in [-0.39, 0.29) is 19.5 Å². The molecule has 0 saturated carbocycles. The van der Waals surface area contributed by atoms with E-state index >= 15 is 0 Å². The van der Waals surface area contributed by atoms with Gasteiger partial charge >= 0.3 is 0 Å². The molecule has 4 aromatic heterocycles. The van der Waals surface area contributed by atoms with Crippen molar-refractivity contribution in [3.63, 3.8) is 0 Å². The largest absolute Gasteiger partial charge is 0.628 e. The van der Waals surface area contributed by atoms with Crippen molar-refractivity contribution >= 4 is 34.8 Å². The number of nitrogens with zero attached hydrogens (tertiary/aromatic N) is 4. The standard InChI is InChI=1S/C84H76N4O4.CHCl3.CH4O.Zn/c1-45-33-49(5)77(50(6)34-45)65-41-57(89-13)17-21-61(65)81-69-25-27-71(85-69)82(62-22-18-58(90-14)42-66(62)78-51(7)35-46(2)36-52(78)8)73-29-31-75(87-73)84(64-24-20-60(92-16)44-68(64)80-55(11)39-48(4)40-56(80)12)76-32-30-74(88-76)83(72-28-26-70(81)86-72)63-23-19-59(91-15)43-67(63)79-53(9)37-47(3)38-54(79)10;2-1(3)4;1-2;/h17-44H,1-16H3;1H;2H,1H3;. The third-order valence-electron chi connectivity index (χ3n) is 18.4. The maximum Gasteiger partial charge on any atom is 0.180 e. The molecule has 8 bridgehead atoms. The maximum atomic E-state index is 7.00. The topological polar surface area (TPSA) is 114 Å². The zero-order chi connectivity index (χ0) is 70.1. The number of hydrogen-bond donors (Lipinski definition) is 1. The number of halogens is 3. The molecule has 13 rings (SSSR count). The van der Waals surface area contributed by atoms with Gasteiger partial charge in [0.05, 0.1) is 72.9 Å². The Morgan fingerprint density at radius 1 is 0.273 bits per heavy atom. The van der Waals surface area contributed by atoms with Gasteiger partial charge in [-0.2, -0.15) is 0 Å². The van der Waals surface area contributed by atoms with Gasteiger partial charge in [-0.15, -0.1) is 0 Å². The first kappa shape index (κ1) is 72.7. The van der Waals surface area contributed by atoms with E-state index in [1.807, 2.05) is 24.3 Å². The number of benzene rings is 8. The molecule has 9 nitrogen and oxygen atoms in total. The Morgan fingerprint density at radius 3 is 0.566 bits per heavy atom. The summed E-state index contributed by atoms with van der Waals surface area (Å²) in [7, 11) is 7.91. The third kappa shape index (κ3) is 14.6. The van der Waals surface area contributed by atoms with Gasteiger partial charge < -0.3 is 44.0 Å². The SMILES string of the molecule is CO.COc1ccc([C+]2c3ccc([n-]3)[C+](c3ccc(OC)cc3-c3c(C)cc(C)cc3C)c3ccc([n-]3)[C+](c3ccc(OC)cc3-c3c(C)cc(C)cc3C)c3ccc([n-]3)[C+](c3ccc(OC)cc3-c3c(C)cc(C)cc3C)c3ccc2[n-]3)c(-c2c(C)cc(C)cc2C)c1.ClC(Cl)Cl.[Zn]. The molecule has 0 aliphatic carbocycles. The molecule has 0 radical (unpaired) electrons. The van der Waals surface area contributed by atoms with Crippen LogP contribution in [0.5, 0.6) is 23.0 Å². The van der Waals surface area contributed by atoms with Crippen LogP contribution in [0.4, 0.5) is 0 Å². The number of fused-ring (bicyclic) bond motifs is 8. The summed E-state index contributed by atoms with van der Waals surface area (Å²) in [6.45, 7) is 26.2. The van der Waals surface area contributed by atoms with E-state index in [0.717, 1.165) is 211 Å². The Bertz CT molecular complexity index is 4140. The minimum Gasteiger partial charge on any atom is -0.628 e. The van der Waals surface area contributed by atoms with Crippen molar-refractivity contribution < 1.29 is 43.5 Å². The van der Waals surface area contributed by atoms with Crippen molar-refractivity contribution in [1.29, 1.82) is 0 Å². The summed E-state index contributed by atoms with van der Waals surface area (Å²) in [5.74, 6) is 6.44. The maximum absolute atomic E-state index is 7.00. The van der Waals surface area contributed by atoms with Crippen LogP contribution in [0.25, 0.3) is 44.5 Å². The number of alkyl halides is 3.